The third kappa shape index (κ3) is 2.38. The smallest absolute Gasteiger partial charge is 0.134 e. The summed E-state index contributed by atoms with van der Waals surface area (Å²) in [5, 5.41) is 5.49. The zero-order chi connectivity index (χ0) is 13.1. The Kier molecular flexibility index (Phi) is 3.06. The first-order chi connectivity index (χ1) is 9.36. The number of methoxy groups -OCH3 is 1. The average molecular weight is 254 g/mol. The summed E-state index contributed by atoms with van der Waals surface area (Å²) in [6.07, 6.45) is 5.18. The molecule has 0 aliphatic rings. The molecule has 0 saturated heterocycles. The molecule has 0 aliphatic carbocycles. The minimum absolute atomic E-state index is 0.680. The Morgan fingerprint density at radius 3 is 3.00 bits per heavy atom. The fraction of sp³-hybridized carbons (Fsp3) is 0.133. The molecular formula is C15H14N2O2. The molecule has 3 rings (SSSR count). The molecule has 0 spiro atoms. The number of furan rings is 1. The van der Waals surface area contributed by atoms with Gasteiger partial charge in [-0.3, -0.25) is 0 Å². The quantitative estimate of drug-likeness (QED) is 0.774. The number of pyridine rings is 1. The lowest BCUT2D eigenvalue weighted by Gasteiger charge is -2.09. The fourth-order valence-corrected chi connectivity index (χ4v) is 1.99. The van der Waals surface area contributed by atoms with Crippen LogP contribution in [0.2, 0.25) is 0 Å². The van der Waals surface area contributed by atoms with Gasteiger partial charge in [0.05, 0.1) is 19.6 Å². The van der Waals surface area contributed by atoms with Crippen molar-refractivity contribution < 1.29 is 9.15 Å². The van der Waals surface area contributed by atoms with Crippen molar-refractivity contribution in [3.63, 3.8) is 0 Å². The molecule has 2 aromatic heterocycles. The normalized spacial score (nSPS) is 10.6. The van der Waals surface area contributed by atoms with E-state index in [4.69, 9.17) is 9.15 Å². The highest BCUT2D eigenvalue weighted by Gasteiger charge is 2.04. The van der Waals surface area contributed by atoms with Crippen LogP contribution in [0, 0.1) is 0 Å². The minimum atomic E-state index is 0.680. The van der Waals surface area contributed by atoms with Crippen molar-refractivity contribution in [2.24, 2.45) is 0 Å². The van der Waals surface area contributed by atoms with Crippen molar-refractivity contribution in [2.45, 2.75) is 6.54 Å². The second-order valence-electron chi connectivity index (χ2n) is 4.23. The number of nitrogens with zero attached hydrogens (tertiary/aromatic N) is 1. The highest BCUT2D eigenvalue weighted by atomic mass is 16.5. The van der Waals surface area contributed by atoms with Gasteiger partial charge >= 0.3 is 0 Å². The number of fused-ring (bicyclic) bond motifs is 1. The molecule has 1 aromatic carbocycles. The zero-order valence-corrected chi connectivity index (χ0v) is 10.6. The maximum absolute atomic E-state index is 5.26. The summed E-state index contributed by atoms with van der Waals surface area (Å²) >= 11 is 0. The van der Waals surface area contributed by atoms with Crippen LogP contribution in [-0.2, 0) is 6.54 Å². The summed E-state index contributed by atoms with van der Waals surface area (Å²) in [6.45, 7) is 0.680. The Labute approximate surface area is 111 Å². The second kappa shape index (κ2) is 5.02. The van der Waals surface area contributed by atoms with E-state index in [1.54, 1.807) is 25.8 Å². The van der Waals surface area contributed by atoms with E-state index in [2.05, 4.69) is 10.3 Å². The van der Waals surface area contributed by atoms with Crippen molar-refractivity contribution in [3.05, 3.63) is 54.6 Å². The SMILES string of the molecule is COc1ccc2ccnc(NCc3ccoc3)c2c1. The first-order valence-corrected chi connectivity index (χ1v) is 6.04. The van der Waals surface area contributed by atoms with Crippen LogP contribution in [0.1, 0.15) is 5.56 Å². The number of aromatic nitrogens is 1. The molecule has 1 N–H and O–H groups in total. The molecule has 0 aliphatic heterocycles. The van der Waals surface area contributed by atoms with E-state index in [-0.39, 0.29) is 0 Å². The third-order valence-electron chi connectivity index (χ3n) is 3.01. The Hall–Kier alpha value is -2.49. The van der Waals surface area contributed by atoms with Gasteiger partial charge < -0.3 is 14.5 Å². The molecule has 4 heteroatoms. The molecule has 0 saturated carbocycles. The lowest BCUT2D eigenvalue weighted by molar-refractivity contribution is 0.415. The topological polar surface area (TPSA) is 47.3 Å². The Bertz CT molecular complexity index is 678. The highest BCUT2D eigenvalue weighted by molar-refractivity contribution is 5.92. The number of ether oxygens (including phenoxy) is 1. The Balaban J connectivity index is 1.93. The lowest BCUT2D eigenvalue weighted by Crippen LogP contribution is -2.01. The van der Waals surface area contributed by atoms with E-state index in [1.165, 1.54) is 0 Å². The molecule has 3 aromatic rings. The lowest BCUT2D eigenvalue weighted by atomic mass is 10.1. The molecular weight excluding hydrogens is 240 g/mol. The second-order valence-corrected chi connectivity index (χ2v) is 4.23. The summed E-state index contributed by atoms with van der Waals surface area (Å²) in [7, 11) is 1.66. The summed E-state index contributed by atoms with van der Waals surface area (Å²) in [5.41, 5.74) is 1.08. The van der Waals surface area contributed by atoms with E-state index < -0.39 is 0 Å². The van der Waals surface area contributed by atoms with Gasteiger partial charge in [-0.25, -0.2) is 4.98 Å². The predicted octanol–water partition coefficient (Wildman–Crippen LogP) is 3.45. The van der Waals surface area contributed by atoms with Crippen LogP contribution in [0.4, 0.5) is 5.82 Å². The van der Waals surface area contributed by atoms with Crippen LogP contribution in [0.15, 0.2) is 53.5 Å². The van der Waals surface area contributed by atoms with Crippen molar-refractivity contribution in [2.75, 3.05) is 12.4 Å². The monoisotopic (exact) mass is 254 g/mol. The molecule has 19 heavy (non-hydrogen) atoms. The van der Waals surface area contributed by atoms with E-state index in [9.17, 15) is 0 Å². The van der Waals surface area contributed by atoms with E-state index in [1.807, 2.05) is 30.3 Å². The molecule has 0 atom stereocenters. The summed E-state index contributed by atoms with van der Waals surface area (Å²) in [6, 6.07) is 9.87. The zero-order valence-electron chi connectivity index (χ0n) is 10.6. The number of hydrogen-bond acceptors (Lipinski definition) is 4. The van der Waals surface area contributed by atoms with Crippen LogP contribution >= 0.6 is 0 Å². The van der Waals surface area contributed by atoms with Gasteiger partial charge in [-0.2, -0.15) is 0 Å². The first kappa shape index (κ1) is 11.6. The van der Waals surface area contributed by atoms with E-state index in [0.29, 0.717) is 6.54 Å². The van der Waals surface area contributed by atoms with Crippen molar-refractivity contribution in [1.29, 1.82) is 0 Å². The fourth-order valence-electron chi connectivity index (χ4n) is 1.99. The molecule has 2 heterocycles. The van der Waals surface area contributed by atoms with Crippen molar-refractivity contribution in [1.82, 2.24) is 4.98 Å². The molecule has 0 amide bonds. The van der Waals surface area contributed by atoms with Gasteiger partial charge in [0.1, 0.15) is 11.6 Å². The minimum Gasteiger partial charge on any atom is -0.497 e. The third-order valence-corrected chi connectivity index (χ3v) is 3.01. The highest BCUT2D eigenvalue weighted by Crippen LogP contribution is 2.25. The van der Waals surface area contributed by atoms with Gasteiger partial charge in [-0.05, 0) is 29.7 Å². The molecule has 0 fully saturated rings. The van der Waals surface area contributed by atoms with Gasteiger partial charge in [0, 0.05) is 23.7 Å². The van der Waals surface area contributed by atoms with Crippen LogP contribution in [0.3, 0.4) is 0 Å². The maximum atomic E-state index is 5.26. The standard InChI is InChI=1S/C15H14N2O2/c1-18-13-3-2-12-4-6-16-15(14(12)8-13)17-9-11-5-7-19-10-11/h2-8,10H,9H2,1H3,(H,16,17). The summed E-state index contributed by atoms with van der Waals surface area (Å²) in [5.74, 6) is 1.67. The Morgan fingerprint density at radius 1 is 1.26 bits per heavy atom. The Morgan fingerprint density at radius 2 is 2.21 bits per heavy atom. The number of nitrogens with one attached hydrogen (secondary N) is 1. The summed E-state index contributed by atoms with van der Waals surface area (Å²) < 4.78 is 10.3. The van der Waals surface area contributed by atoms with Crippen LogP contribution in [0.5, 0.6) is 5.75 Å². The first-order valence-electron chi connectivity index (χ1n) is 6.04. The van der Waals surface area contributed by atoms with E-state index in [0.717, 1.165) is 27.9 Å². The molecule has 4 nitrogen and oxygen atoms in total. The summed E-state index contributed by atoms with van der Waals surface area (Å²) in [4.78, 5) is 4.38. The maximum Gasteiger partial charge on any atom is 0.134 e. The number of anilines is 1. The van der Waals surface area contributed by atoms with Crippen molar-refractivity contribution in [3.8, 4) is 5.75 Å². The van der Waals surface area contributed by atoms with Gasteiger partial charge in [-0.1, -0.05) is 6.07 Å². The average Bonchev–Trinajstić information content (AvgIpc) is 2.97. The van der Waals surface area contributed by atoms with Gasteiger partial charge in [0.2, 0.25) is 0 Å². The van der Waals surface area contributed by atoms with Crippen molar-refractivity contribution >= 4 is 16.6 Å². The van der Waals surface area contributed by atoms with Crippen LogP contribution < -0.4 is 10.1 Å². The molecule has 96 valence electrons. The molecule has 0 unspecified atom stereocenters. The number of rotatable bonds is 4. The van der Waals surface area contributed by atoms with E-state index >= 15 is 0 Å². The molecule has 0 bridgehead atoms. The largest absolute Gasteiger partial charge is 0.497 e. The van der Waals surface area contributed by atoms with Crippen LogP contribution in [-0.4, -0.2) is 12.1 Å². The number of hydrogen-bond donors (Lipinski definition) is 1. The van der Waals surface area contributed by atoms with Gasteiger partial charge in [0.15, 0.2) is 0 Å². The van der Waals surface area contributed by atoms with Gasteiger partial charge in [0.25, 0.3) is 0 Å². The van der Waals surface area contributed by atoms with Gasteiger partial charge in [-0.15, -0.1) is 0 Å². The predicted molar refractivity (Wildman–Crippen MR) is 74.3 cm³/mol. The molecule has 0 radical (unpaired) electrons. The number of benzene rings is 1. The van der Waals surface area contributed by atoms with Crippen LogP contribution in [0.25, 0.3) is 10.8 Å².